The Hall–Kier alpha value is -0.990. The van der Waals surface area contributed by atoms with E-state index in [2.05, 4.69) is 10.0 Å². The number of benzene rings is 1. The van der Waals surface area contributed by atoms with Gasteiger partial charge in [-0.15, -0.1) is 11.3 Å². The van der Waals surface area contributed by atoms with E-state index in [9.17, 15) is 8.42 Å². The molecule has 0 radical (unpaired) electrons. The molecule has 0 amide bonds. The summed E-state index contributed by atoms with van der Waals surface area (Å²) in [4.78, 5) is 0. The van der Waals surface area contributed by atoms with Gasteiger partial charge in [0.2, 0.25) is 0 Å². The Bertz CT molecular complexity index is 747. The number of rotatable bonds is 5. The van der Waals surface area contributed by atoms with Crippen molar-refractivity contribution in [2.24, 2.45) is 5.14 Å². The van der Waals surface area contributed by atoms with Crippen molar-refractivity contribution in [3.05, 3.63) is 44.6 Å². The molecule has 21 heavy (non-hydrogen) atoms. The standard InChI is InChI=1S/C12H13Cl2N3O2S2/c1-7(10-6-11(13)20-12(10)14)16-8-3-2-4-9(5-8)17-21(15,18)19/h2-7,16-17H,1H3,(H2,15,18,19). The van der Waals surface area contributed by atoms with Gasteiger partial charge in [-0.2, -0.15) is 8.42 Å². The molecule has 9 heteroatoms. The molecule has 1 aromatic heterocycles. The minimum atomic E-state index is -3.79. The minimum Gasteiger partial charge on any atom is -0.378 e. The second-order valence-electron chi connectivity index (χ2n) is 4.37. The van der Waals surface area contributed by atoms with Crippen molar-refractivity contribution in [2.75, 3.05) is 10.0 Å². The maximum atomic E-state index is 11.0. The Morgan fingerprint density at radius 3 is 2.48 bits per heavy atom. The van der Waals surface area contributed by atoms with Crippen molar-refractivity contribution in [2.45, 2.75) is 13.0 Å². The van der Waals surface area contributed by atoms with Gasteiger partial charge in [0.05, 0.1) is 20.4 Å². The highest BCUT2D eigenvalue weighted by atomic mass is 35.5. The predicted octanol–water partition coefficient (Wildman–Crippen LogP) is 3.84. The smallest absolute Gasteiger partial charge is 0.296 e. The molecule has 0 aliphatic rings. The van der Waals surface area contributed by atoms with Crippen LogP contribution in [0.2, 0.25) is 8.67 Å². The van der Waals surface area contributed by atoms with Crippen LogP contribution in [-0.4, -0.2) is 8.42 Å². The summed E-state index contributed by atoms with van der Waals surface area (Å²) in [6.07, 6.45) is 0. The van der Waals surface area contributed by atoms with Gasteiger partial charge in [0.1, 0.15) is 0 Å². The molecule has 2 rings (SSSR count). The fraction of sp³-hybridized carbons (Fsp3) is 0.167. The highest BCUT2D eigenvalue weighted by Gasteiger charge is 2.13. The molecule has 1 aromatic carbocycles. The van der Waals surface area contributed by atoms with E-state index in [-0.39, 0.29) is 6.04 Å². The van der Waals surface area contributed by atoms with Crippen LogP contribution in [0, 0.1) is 0 Å². The summed E-state index contributed by atoms with van der Waals surface area (Å²) in [5.74, 6) is 0. The van der Waals surface area contributed by atoms with Crippen LogP contribution in [0.5, 0.6) is 0 Å². The third-order valence-corrected chi connectivity index (χ3v) is 4.69. The summed E-state index contributed by atoms with van der Waals surface area (Å²) in [6.45, 7) is 1.93. The third-order valence-electron chi connectivity index (χ3n) is 2.66. The van der Waals surface area contributed by atoms with Gasteiger partial charge in [-0.05, 0) is 31.2 Å². The number of thiophene rings is 1. The third kappa shape index (κ3) is 4.76. The Morgan fingerprint density at radius 2 is 1.90 bits per heavy atom. The lowest BCUT2D eigenvalue weighted by atomic mass is 10.1. The lowest BCUT2D eigenvalue weighted by molar-refractivity contribution is 0.603. The van der Waals surface area contributed by atoms with Gasteiger partial charge < -0.3 is 5.32 Å². The Labute approximate surface area is 137 Å². The van der Waals surface area contributed by atoms with Crippen LogP contribution < -0.4 is 15.2 Å². The van der Waals surface area contributed by atoms with Crippen LogP contribution >= 0.6 is 34.5 Å². The molecule has 0 bridgehead atoms. The summed E-state index contributed by atoms with van der Waals surface area (Å²) < 4.78 is 25.5. The molecule has 1 heterocycles. The van der Waals surface area contributed by atoms with E-state index < -0.39 is 10.2 Å². The van der Waals surface area contributed by atoms with E-state index in [1.54, 1.807) is 24.3 Å². The lowest BCUT2D eigenvalue weighted by Gasteiger charge is -2.15. The largest absolute Gasteiger partial charge is 0.378 e. The molecule has 0 aliphatic carbocycles. The molecule has 4 N–H and O–H groups in total. The minimum absolute atomic E-state index is 0.0778. The summed E-state index contributed by atoms with van der Waals surface area (Å²) in [5.41, 5.74) is 2.00. The van der Waals surface area contributed by atoms with Crippen molar-refractivity contribution in [1.29, 1.82) is 0 Å². The number of nitrogens with two attached hydrogens (primary N) is 1. The Balaban J connectivity index is 2.16. The maximum absolute atomic E-state index is 11.0. The summed E-state index contributed by atoms with van der Waals surface area (Å²) >= 11 is 13.3. The van der Waals surface area contributed by atoms with Gasteiger partial charge in [0.25, 0.3) is 10.2 Å². The zero-order valence-electron chi connectivity index (χ0n) is 10.9. The Morgan fingerprint density at radius 1 is 1.24 bits per heavy atom. The van der Waals surface area contributed by atoms with E-state index in [4.69, 9.17) is 28.3 Å². The van der Waals surface area contributed by atoms with E-state index in [1.807, 2.05) is 13.0 Å². The fourth-order valence-corrected chi connectivity index (χ4v) is 3.91. The second kappa shape index (κ2) is 6.41. The number of nitrogens with one attached hydrogen (secondary N) is 2. The highest BCUT2D eigenvalue weighted by molar-refractivity contribution is 7.90. The van der Waals surface area contributed by atoms with Crippen LogP contribution in [0.25, 0.3) is 0 Å². The van der Waals surface area contributed by atoms with Gasteiger partial charge in [-0.1, -0.05) is 29.3 Å². The molecule has 5 nitrogen and oxygen atoms in total. The molecule has 2 aromatic rings. The molecule has 1 atom stereocenters. The topological polar surface area (TPSA) is 84.2 Å². The first-order valence-corrected chi connectivity index (χ1v) is 8.98. The van der Waals surface area contributed by atoms with Crippen molar-refractivity contribution in [1.82, 2.24) is 0 Å². The van der Waals surface area contributed by atoms with Gasteiger partial charge in [-0.25, -0.2) is 5.14 Å². The van der Waals surface area contributed by atoms with E-state index >= 15 is 0 Å². The fourth-order valence-electron chi connectivity index (χ4n) is 1.81. The number of halogens is 2. The average molecular weight is 366 g/mol. The van der Waals surface area contributed by atoms with Crippen LogP contribution in [0.3, 0.4) is 0 Å². The van der Waals surface area contributed by atoms with Gasteiger partial charge >= 0.3 is 0 Å². The van der Waals surface area contributed by atoms with Gasteiger partial charge in [0, 0.05) is 11.3 Å². The maximum Gasteiger partial charge on any atom is 0.296 e. The molecule has 0 spiro atoms. The van der Waals surface area contributed by atoms with Crippen molar-refractivity contribution < 1.29 is 8.42 Å². The summed E-state index contributed by atoms with van der Waals surface area (Å²) in [6, 6.07) is 8.50. The zero-order chi connectivity index (χ0) is 15.6. The Kier molecular flexibility index (Phi) is 5.00. The monoisotopic (exact) mass is 365 g/mol. The normalized spacial score (nSPS) is 13.0. The first-order chi connectivity index (χ1) is 9.74. The average Bonchev–Trinajstić information content (AvgIpc) is 2.66. The van der Waals surface area contributed by atoms with Crippen LogP contribution in [0.4, 0.5) is 11.4 Å². The van der Waals surface area contributed by atoms with Crippen LogP contribution in [0.1, 0.15) is 18.5 Å². The lowest BCUT2D eigenvalue weighted by Crippen LogP contribution is -2.21. The summed E-state index contributed by atoms with van der Waals surface area (Å²) in [5, 5.41) is 8.17. The van der Waals surface area contributed by atoms with E-state index in [0.29, 0.717) is 14.4 Å². The van der Waals surface area contributed by atoms with Gasteiger partial charge in [0.15, 0.2) is 0 Å². The first-order valence-electron chi connectivity index (χ1n) is 5.86. The number of anilines is 2. The molecular weight excluding hydrogens is 353 g/mol. The second-order valence-corrected chi connectivity index (χ2v) is 7.95. The molecule has 0 saturated carbocycles. The highest BCUT2D eigenvalue weighted by Crippen LogP contribution is 2.36. The van der Waals surface area contributed by atoms with Crippen molar-refractivity contribution >= 4 is 56.1 Å². The molecule has 114 valence electrons. The van der Waals surface area contributed by atoms with E-state index in [0.717, 1.165) is 11.3 Å². The molecular formula is C12H13Cl2N3O2S2. The van der Waals surface area contributed by atoms with E-state index in [1.165, 1.54) is 11.3 Å². The van der Waals surface area contributed by atoms with Crippen molar-refractivity contribution in [3.63, 3.8) is 0 Å². The first kappa shape index (κ1) is 16.4. The predicted molar refractivity (Wildman–Crippen MR) is 89.5 cm³/mol. The van der Waals surface area contributed by atoms with Crippen LogP contribution in [0.15, 0.2) is 30.3 Å². The number of hydrogen-bond acceptors (Lipinski definition) is 4. The van der Waals surface area contributed by atoms with Crippen molar-refractivity contribution in [3.8, 4) is 0 Å². The number of hydrogen-bond donors (Lipinski definition) is 3. The molecule has 0 saturated heterocycles. The zero-order valence-corrected chi connectivity index (χ0v) is 14.1. The molecule has 0 aliphatic heterocycles. The molecule has 1 unspecified atom stereocenters. The summed E-state index contributed by atoms with van der Waals surface area (Å²) in [7, 11) is -3.79. The SMILES string of the molecule is CC(Nc1cccc(NS(N)(=O)=O)c1)c1cc(Cl)sc1Cl. The van der Waals surface area contributed by atoms with Gasteiger partial charge in [-0.3, -0.25) is 4.72 Å². The quantitative estimate of drug-likeness (QED) is 0.752. The van der Waals surface area contributed by atoms with Crippen LogP contribution in [-0.2, 0) is 10.2 Å². The molecule has 0 fully saturated rings.